The summed E-state index contributed by atoms with van der Waals surface area (Å²) in [7, 11) is 0. The van der Waals surface area contributed by atoms with Crippen LogP contribution in [0.25, 0.3) is 0 Å². The Morgan fingerprint density at radius 1 is 1.19 bits per heavy atom. The number of carbonyl (C=O) groups excluding carboxylic acids is 2. The lowest BCUT2D eigenvalue weighted by atomic mass is 9.86. The standard InChI is InChI=1S/C16H27NO4/c1-5-20-14(18)11-8-12-6-9-13(10-7-12)17-15(19)21-16(2,3)4/h8,11-13H,5-7,9-10H2,1-4H3,(H,17,19)/b11-8-. The number of allylic oxidation sites excluding steroid dienone is 1. The summed E-state index contributed by atoms with van der Waals surface area (Å²) in [6.07, 6.45) is 6.78. The van der Waals surface area contributed by atoms with E-state index in [1.807, 2.05) is 26.8 Å². The van der Waals surface area contributed by atoms with E-state index in [0.717, 1.165) is 25.7 Å². The quantitative estimate of drug-likeness (QED) is 0.639. The normalized spacial score (nSPS) is 22.9. The average Bonchev–Trinajstić information content (AvgIpc) is 2.36. The maximum absolute atomic E-state index is 11.7. The van der Waals surface area contributed by atoms with Crippen LogP contribution in [0.1, 0.15) is 53.4 Å². The van der Waals surface area contributed by atoms with Gasteiger partial charge < -0.3 is 14.8 Å². The van der Waals surface area contributed by atoms with Crippen molar-refractivity contribution >= 4 is 12.1 Å². The lowest BCUT2D eigenvalue weighted by molar-refractivity contribution is -0.137. The fourth-order valence-electron chi connectivity index (χ4n) is 2.34. The van der Waals surface area contributed by atoms with Crippen molar-refractivity contribution in [2.75, 3.05) is 6.61 Å². The fraction of sp³-hybridized carbons (Fsp3) is 0.750. The van der Waals surface area contributed by atoms with Gasteiger partial charge in [-0.15, -0.1) is 0 Å². The van der Waals surface area contributed by atoms with Crippen molar-refractivity contribution in [3.05, 3.63) is 12.2 Å². The Hall–Kier alpha value is -1.52. The Balaban J connectivity index is 2.29. The number of esters is 1. The third-order valence-electron chi connectivity index (χ3n) is 3.28. The van der Waals surface area contributed by atoms with Gasteiger partial charge in [-0.05, 0) is 59.3 Å². The topological polar surface area (TPSA) is 64.6 Å². The van der Waals surface area contributed by atoms with E-state index in [4.69, 9.17) is 9.47 Å². The van der Waals surface area contributed by atoms with Gasteiger partial charge in [0.2, 0.25) is 0 Å². The second-order valence-electron chi connectivity index (χ2n) is 6.37. The molecule has 0 aromatic heterocycles. The molecule has 0 aliphatic heterocycles. The predicted octanol–water partition coefficient (Wildman–Crippen LogP) is 3.19. The minimum absolute atomic E-state index is 0.159. The van der Waals surface area contributed by atoms with Crippen LogP contribution in [0.2, 0.25) is 0 Å². The zero-order chi connectivity index (χ0) is 15.9. The van der Waals surface area contributed by atoms with Gasteiger partial charge in [0.15, 0.2) is 0 Å². The Bertz CT molecular complexity index is 376. The van der Waals surface area contributed by atoms with Gasteiger partial charge in [-0.25, -0.2) is 9.59 Å². The number of rotatable bonds is 4. The summed E-state index contributed by atoms with van der Waals surface area (Å²) in [5, 5.41) is 2.90. The molecule has 0 heterocycles. The molecule has 0 radical (unpaired) electrons. The maximum Gasteiger partial charge on any atom is 0.407 e. The third kappa shape index (κ3) is 7.73. The molecule has 1 aliphatic rings. The summed E-state index contributed by atoms with van der Waals surface area (Å²) in [6.45, 7) is 7.74. The first-order valence-electron chi connectivity index (χ1n) is 7.64. The molecule has 1 aliphatic carbocycles. The van der Waals surface area contributed by atoms with Gasteiger partial charge in [-0.3, -0.25) is 0 Å². The Morgan fingerprint density at radius 3 is 2.33 bits per heavy atom. The van der Waals surface area contributed by atoms with Gasteiger partial charge in [-0.2, -0.15) is 0 Å². The van der Waals surface area contributed by atoms with Crippen molar-refractivity contribution in [2.24, 2.45) is 5.92 Å². The van der Waals surface area contributed by atoms with E-state index in [1.165, 1.54) is 6.08 Å². The molecule has 0 aromatic rings. The number of hydrogen-bond donors (Lipinski definition) is 1. The summed E-state index contributed by atoms with van der Waals surface area (Å²) in [5.74, 6) is 0.0950. The predicted molar refractivity (Wildman–Crippen MR) is 80.9 cm³/mol. The minimum atomic E-state index is -0.469. The number of hydrogen-bond acceptors (Lipinski definition) is 4. The van der Waals surface area contributed by atoms with Crippen molar-refractivity contribution in [2.45, 2.75) is 65.0 Å². The van der Waals surface area contributed by atoms with Crippen molar-refractivity contribution in [1.82, 2.24) is 5.32 Å². The van der Waals surface area contributed by atoms with E-state index in [-0.39, 0.29) is 18.1 Å². The first kappa shape index (κ1) is 17.5. The molecular formula is C16H27NO4. The molecule has 1 amide bonds. The van der Waals surface area contributed by atoms with Gasteiger partial charge in [0.1, 0.15) is 5.60 Å². The van der Waals surface area contributed by atoms with E-state index in [2.05, 4.69) is 5.32 Å². The number of carbonyl (C=O) groups is 2. The largest absolute Gasteiger partial charge is 0.463 e. The SMILES string of the molecule is CCOC(=O)/C=C\C1CCC(NC(=O)OC(C)(C)C)CC1. The number of amides is 1. The van der Waals surface area contributed by atoms with Gasteiger partial charge >= 0.3 is 12.1 Å². The summed E-state index contributed by atoms with van der Waals surface area (Å²) < 4.78 is 10.1. The van der Waals surface area contributed by atoms with Crippen LogP contribution in [0, 0.1) is 5.92 Å². The van der Waals surface area contributed by atoms with Crippen LogP contribution >= 0.6 is 0 Å². The molecule has 1 saturated carbocycles. The molecule has 5 heteroatoms. The zero-order valence-corrected chi connectivity index (χ0v) is 13.5. The first-order valence-corrected chi connectivity index (χ1v) is 7.64. The van der Waals surface area contributed by atoms with Crippen LogP contribution in [-0.2, 0) is 14.3 Å². The average molecular weight is 297 g/mol. The van der Waals surface area contributed by atoms with E-state index in [0.29, 0.717) is 12.5 Å². The first-order chi connectivity index (χ1) is 9.80. The van der Waals surface area contributed by atoms with Crippen LogP contribution in [0.4, 0.5) is 4.79 Å². The van der Waals surface area contributed by atoms with E-state index in [9.17, 15) is 9.59 Å². The van der Waals surface area contributed by atoms with Gasteiger partial charge in [0, 0.05) is 12.1 Å². The summed E-state index contributed by atoms with van der Waals surface area (Å²) >= 11 is 0. The van der Waals surface area contributed by atoms with Crippen molar-refractivity contribution in [1.29, 1.82) is 0 Å². The second kappa shape index (κ2) is 8.05. The van der Waals surface area contributed by atoms with Crippen LogP contribution in [-0.4, -0.2) is 30.3 Å². The van der Waals surface area contributed by atoms with Crippen molar-refractivity contribution in [3.63, 3.8) is 0 Å². The molecule has 5 nitrogen and oxygen atoms in total. The van der Waals surface area contributed by atoms with Gasteiger partial charge in [0.25, 0.3) is 0 Å². The Kier molecular flexibility index (Phi) is 6.72. The zero-order valence-electron chi connectivity index (χ0n) is 13.5. The molecule has 1 fully saturated rings. The minimum Gasteiger partial charge on any atom is -0.463 e. The number of ether oxygens (including phenoxy) is 2. The number of nitrogens with one attached hydrogen (secondary N) is 1. The molecule has 120 valence electrons. The monoisotopic (exact) mass is 297 g/mol. The molecule has 0 atom stereocenters. The fourth-order valence-corrected chi connectivity index (χ4v) is 2.34. The van der Waals surface area contributed by atoms with Gasteiger partial charge in [0.05, 0.1) is 6.61 Å². The highest BCUT2D eigenvalue weighted by Crippen LogP contribution is 2.25. The maximum atomic E-state index is 11.7. The third-order valence-corrected chi connectivity index (χ3v) is 3.28. The number of alkyl carbamates (subject to hydrolysis) is 1. The van der Waals surface area contributed by atoms with Gasteiger partial charge in [-0.1, -0.05) is 6.08 Å². The van der Waals surface area contributed by atoms with Crippen LogP contribution in [0.5, 0.6) is 0 Å². The molecule has 0 spiro atoms. The van der Waals surface area contributed by atoms with Crippen molar-refractivity contribution in [3.8, 4) is 0 Å². The summed E-state index contributed by atoms with van der Waals surface area (Å²) in [4.78, 5) is 22.9. The molecule has 1 N–H and O–H groups in total. The highest BCUT2D eigenvalue weighted by molar-refractivity contribution is 5.81. The molecule has 0 saturated heterocycles. The van der Waals surface area contributed by atoms with Crippen LogP contribution in [0.3, 0.4) is 0 Å². The Morgan fingerprint density at radius 2 is 1.81 bits per heavy atom. The molecule has 1 rings (SSSR count). The molecule has 0 bridgehead atoms. The summed E-state index contributed by atoms with van der Waals surface area (Å²) in [5.41, 5.74) is -0.469. The highest BCUT2D eigenvalue weighted by atomic mass is 16.6. The highest BCUT2D eigenvalue weighted by Gasteiger charge is 2.23. The molecule has 0 unspecified atom stereocenters. The van der Waals surface area contributed by atoms with E-state index < -0.39 is 5.60 Å². The van der Waals surface area contributed by atoms with E-state index >= 15 is 0 Å². The second-order valence-corrected chi connectivity index (χ2v) is 6.37. The van der Waals surface area contributed by atoms with Crippen molar-refractivity contribution < 1.29 is 19.1 Å². The Labute approximate surface area is 127 Å². The summed E-state index contributed by atoms with van der Waals surface area (Å²) in [6, 6.07) is 0.159. The smallest absolute Gasteiger partial charge is 0.407 e. The molecule has 21 heavy (non-hydrogen) atoms. The lowest BCUT2D eigenvalue weighted by Gasteiger charge is -2.28. The van der Waals surface area contributed by atoms with Crippen LogP contribution in [0.15, 0.2) is 12.2 Å². The lowest BCUT2D eigenvalue weighted by Crippen LogP contribution is -2.40. The molecular weight excluding hydrogens is 270 g/mol. The molecule has 0 aromatic carbocycles. The van der Waals surface area contributed by atoms with E-state index in [1.54, 1.807) is 6.92 Å². The van der Waals surface area contributed by atoms with Crippen LogP contribution < -0.4 is 5.32 Å².